The Hall–Kier alpha value is -2.77. The highest BCUT2D eigenvalue weighted by Gasteiger charge is 2.14. The van der Waals surface area contributed by atoms with Gasteiger partial charge >= 0.3 is 6.03 Å². The predicted octanol–water partition coefficient (Wildman–Crippen LogP) is 2.63. The number of ether oxygens (including phenoxy) is 1. The molecule has 0 aromatic heterocycles. The molecule has 2 aromatic rings. The maximum atomic E-state index is 12.1. The highest BCUT2D eigenvalue weighted by Crippen LogP contribution is 2.24. The quantitative estimate of drug-likeness (QED) is 0.550. The highest BCUT2D eigenvalue weighted by atomic mass is 35.5. The number of urea groups is 1. The predicted molar refractivity (Wildman–Crippen MR) is 88.4 cm³/mol. The first-order valence-corrected chi connectivity index (χ1v) is 7.41. The number of hydrogen-bond donors (Lipinski definition) is 3. The van der Waals surface area contributed by atoms with Crippen LogP contribution < -0.4 is 15.8 Å². The molecule has 0 aliphatic rings. The minimum atomic E-state index is -0.728. The van der Waals surface area contributed by atoms with Crippen molar-refractivity contribution < 1.29 is 19.5 Å². The van der Waals surface area contributed by atoms with E-state index in [0.717, 1.165) is 0 Å². The van der Waals surface area contributed by atoms with E-state index in [1.54, 1.807) is 42.5 Å². The molecule has 4 N–H and O–H groups in total. The van der Waals surface area contributed by atoms with Gasteiger partial charge in [-0.2, -0.15) is 0 Å². The SMILES string of the molecule is NC(=O)NCCN(O)C(=O)c1cccc(Oc2ccc(Cl)cc2)c1. The molecular weight excluding hydrogens is 334 g/mol. The Balaban J connectivity index is 2.02. The van der Waals surface area contributed by atoms with Crippen LogP contribution in [-0.2, 0) is 0 Å². The van der Waals surface area contributed by atoms with Gasteiger partial charge in [-0.15, -0.1) is 0 Å². The van der Waals surface area contributed by atoms with Gasteiger partial charge in [0.2, 0.25) is 0 Å². The van der Waals surface area contributed by atoms with Gasteiger partial charge < -0.3 is 15.8 Å². The number of hydroxylamine groups is 2. The zero-order valence-corrected chi connectivity index (χ0v) is 13.4. The molecule has 24 heavy (non-hydrogen) atoms. The topological polar surface area (TPSA) is 105 Å². The summed E-state index contributed by atoms with van der Waals surface area (Å²) in [6.07, 6.45) is 0. The van der Waals surface area contributed by atoms with Gasteiger partial charge in [-0.3, -0.25) is 10.0 Å². The summed E-state index contributed by atoms with van der Waals surface area (Å²) in [6.45, 7) is -0.0530. The number of nitrogens with one attached hydrogen (secondary N) is 1. The van der Waals surface area contributed by atoms with Crippen LogP contribution in [-0.4, -0.2) is 35.3 Å². The molecule has 0 atom stereocenters. The molecule has 126 valence electrons. The van der Waals surface area contributed by atoms with Crippen LogP contribution in [0.4, 0.5) is 4.79 Å². The highest BCUT2D eigenvalue weighted by molar-refractivity contribution is 6.30. The fraction of sp³-hybridized carbons (Fsp3) is 0.125. The maximum absolute atomic E-state index is 12.1. The molecule has 2 aromatic carbocycles. The molecular formula is C16H16ClN3O4. The Bertz CT molecular complexity index is 722. The lowest BCUT2D eigenvalue weighted by Gasteiger charge is -2.15. The van der Waals surface area contributed by atoms with Gasteiger partial charge in [0.05, 0.1) is 6.54 Å². The summed E-state index contributed by atoms with van der Waals surface area (Å²) < 4.78 is 5.63. The van der Waals surface area contributed by atoms with Crippen LogP contribution >= 0.6 is 11.6 Å². The fourth-order valence-electron chi connectivity index (χ4n) is 1.87. The minimum Gasteiger partial charge on any atom is -0.457 e. The van der Waals surface area contributed by atoms with Gasteiger partial charge in [-0.05, 0) is 42.5 Å². The van der Waals surface area contributed by atoms with Crippen LogP contribution in [0.5, 0.6) is 11.5 Å². The Kier molecular flexibility index (Phi) is 6.00. The average molecular weight is 350 g/mol. The van der Waals surface area contributed by atoms with Crippen LogP contribution in [0.2, 0.25) is 5.02 Å². The standard InChI is InChI=1S/C16H16ClN3O4/c17-12-4-6-13(7-5-12)24-14-3-1-2-11(10-14)15(21)20(23)9-8-19-16(18)22/h1-7,10,23H,8-9H2,(H3,18,19,22). The number of rotatable bonds is 6. The summed E-state index contributed by atoms with van der Waals surface area (Å²) in [5, 5.41) is 13.1. The van der Waals surface area contributed by atoms with Crippen LogP contribution in [0.25, 0.3) is 0 Å². The molecule has 0 unspecified atom stereocenters. The molecule has 3 amide bonds. The van der Waals surface area contributed by atoms with Gasteiger partial charge in [0, 0.05) is 17.1 Å². The molecule has 0 fully saturated rings. The third-order valence-electron chi connectivity index (χ3n) is 2.99. The summed E-state index contributed by atoms with van der Waals surface area (Å²) in [6, 6.07) is 12.4. The third kappa shape index (κ3) is 5.15. The van der Waals surface area contributed by atoms with Gasteiger partial charge in [0.25, 0.3) is 5.91 Å². The fourth-order valence-corrected chi connectivity index (χ4v) is 1.99. The largest absolute Gasteiger partial charge is 0.457 e. The van der Waals surface area contributed by atoms with Crippen molar-refractivity contribution in [3.8, 4) is 11.5 Å². The number of nitrogens with two attached hydrogens (primary N) is 1. The van der Waals surface area contributed by atoms with E-state index in [-0.39, 0.29) is 18.7 Å². The van der Waals surface area contributed by atoms with E-state index in [1.807, 2.05) is 0 Å². The average Bonchev–Trinajstić information content (AvgIpc) is 2.56. The van der Waals surface area contributed by atoms with E-state index in [1.165, 1.54) is 6.07 Å². The number of carbonyl (C=O) groups is 2. The number of halogens is 1. The number of nitrogens with zero attached hydrogens (tertiary/aromatic N) is 1. The van der Waals surface area contributed by atoms with Crippen LogP contribution in [0.1, 0.15) is 10.4 Å². The third-order valence-corrected chi connectivity index (χ3v) is 3.24. The summed E-state index contributed by atoms with van der Waals surface area (Å²) >= 11 is 5.81. The molecule has 0 aliphatic heterocycles. The van der Waals surface area contributed by atoms with Gasteiger partial charge in [0.1, 0.15) is 11.5 Å². The van der Waals surface area contributed by atoms with Crippen molar-refractivity contribution in [2.45, 2.75) is 0 Å². The molecule has 0 aliphatic carbocycles. The minimum absolute atomic E-state index is 0.0402. The zero-order chi connectivity index (χ0) is 17.5. The van der Waals surface area contributed by atoms with E-state index in [0.29, 0.717) is 21.6 Å². The van der Waals surface area contributed by atoms with Crippen molar-refractivity contribution in [1.82, 2.24) is 10.4 Å². The molecule has 0 saturated heterocycles. The molecule has 0 spiro atoms. The number of benzene rings is 2. The second kappa shape index (κ2) is 8.19. The second-order valence-corrected chi connectivity index (χ2v) is 5.24. The number of amides is 3. The molecule has 0 bridgehead atoms. The number of primary amides is 1. The number of hydrogen-bond acceptors (Lipinski definition) is 4. The van der Waals surface area contributed by atoms with Gasteiger partial charge in [0.15, 0.2) is 0 Å². The Morgan fingerprint density at radius 3 is 2.54 bits per heavy atom. The van der Waals surface area contributed by atoms with Crippen molar-refractivity contribution in [3.05, 3.63) is 59.1 Å². The summed E-state index contributed by atoms with van der Waals surface area (Å²) in [5.74, 6) is 0.380. The van der Waals surface area contributed by atoms with Crippen molar-refractivity contribution in [2.24, 2.45) is 5.73 Å². The van der Waals surface area contributed by atoms with Gasteiger partial charge in [-0.25, -0.2) is 9.86 Å². The monoisotopic (exact) mass is 349 g/mol. The summed E-state index contributed by atoms with van der Waals surface area (Å²) in [4.78, 5) is 22.7. The molecule has 7 nitrogen and oxygen atoms in total. The van der Waals surface area contributed by atoms with E-state index in [9.17, 15) is 14.8 Å². The first-order valence-electron chi connectivity index (χ1n) is 7.03. The Labute approximate surface area is 143 Å². The normalized spacial score (nSPS) is 10.1. The van der Waals surface area contributed by atoms with Gasteiger partial charge in [-0.1, -0.05) is 17.7 Å². The van der Waals surface area contributed by atoms with E-state index < -0.39 is 11.9 Å². The zero-order valence-electron chi connectivity index (χ0n) is 12.6. The molecule has 0 saturated carbocycles. The van der Waals surface area contributed by atoms with Crippen molar-refractivity contribution in [1.29, 1.82) is 0 Å². The lowest BCUT2D eigenvalue weighted by molar-refractivity contribution is -0.0564. The van der Waals surface area contributed by atoms with Crippen LogP contribution in [0.3, 0.4) is 0 Å². The first kappa shape index (κ1) is 17.6. The van der Waals surface area contributed by atoms with Crippen molar-refractivity contribution in [3.63, 3.8) is 0 Å². The first-order chi connectivity index (χ1) is 11.5. The van der Waals surface area contributed by atoms with E-state index in [4.69, 9.17) is 22.1 Å². The Morgan fingerprint density at radius 2 is 1.88 bits per heavy atom. The summed E-state index contributed by atoms with van der Waals surface area (Å²) in [5.41, 5.74) is 5.15. The Morgan fingerprint density at radius 1 is 1.17 bits per heavy atom. The molecule has 0 radical (unpaired) electrons. The second-order valence-electron chi connectivity index (χ2n) is 4.80. The lowest BCUT2D eigenvalue weighted by atomic mass is 10.2. The number of carbonyl (C=O) groups excluding carboxylic acids is 2. The van der Waals surface area contributed by atoms with Crippen LogP contribution in [0, 0.1) is 0 Å². The molecule has 8 heteroatoms. The maximum Gasteiger partial charge on any atom is 0.312 e. The van der Waals surface area contributed by atoms with E-state index in [2.05, 4.69) is 5.32 Å². The van der Waals surface area contributed by atoms with Crippen molar-refractivity contribution in [2.75, 3.05) is 13.1 Å². The lowest BCUT2D eigenvalue weighted by Crippen LogP contribution is -2.38. The smallest absolute Gasteiger partial charge is 0.312 e. The summed E-state index contributed by atoms with van der Waals surface area (Å²) in [7, 11) is 0. The van der Waals surface area contributed by atoms with Crippen LogP contribution in [0.15, 0.2) is 48.5 Å². The van der Waals surface area contributed by atoms with E-state index >= 15 is 0 Å². The molecule has 2 rings (SSSR count). The molecule has 0 heterocycles. The van der Waals surface area contributed by atoms with Crippen molar-refractivity contribution >= 4 is 23.5 Å².